The van der Waals surface area contributed by atoms with E-state index >= 15 is 0 Å². The Hall–Kier alpha value is -1.10. The lowest BCUT2D eigenvalue weighted by Crippen LogP contribution is -2.28. The highest BCUT2D eigenvalue weighted by molar-refractivity contribution is 5.26. The van der Waals surface area contributed by atoms with Crippen LogP contribution in [-0.4, -0.2) is 36.3 Å². The third kappa shape index (κ3) is 3.19. The van der Waals surface area contributed by atoms with Gasteiger partial charge in [-0.15, -0.1) is 0 Å². The maximum Gasteiger partial charge on any atom is 0.266 e. The Morgan fingerprint density at radius 3 is 2.65 bits per heavy atom. The van der Waals surface area contributed by atoms with E-state index in [9.17, 15) is 0 Å². The molecule has 5 heteroatoms. The minimum atomic E-state index is 0.696. The summed E-state index contributed by atoms with van der Waals surface area (Å²) in [6.07, 6.45) is 3.35. The van der Waals surface area contributed by atoms with Crippen molar-refractivity contribution < 1.29 is 4.52 Å². The van der Waals surface area contributed by atoms with Gasteiger partial charge in [0.05, 0.1) is 0 Å². The van der Waals surface area contributed by atoms with E-state index in [0.717, 1.165) is 44.4 Å². The maximum absolute atomic E-state index is 5.33. The summed E-state index contributed by atoms with van der Waals surface area (Å²) in [7, 11) is 0. The van der Waals surface area contributed by atoms with E-state index in [1.807, 2.05) is 0 Å². The number of nitrogens with zero attached hydrogens (tertiary/aromatic N) is 3. The lowest BCUT2D eigenvalue weighted by molar-refractivity contribution is 0.313. The maximum atomic E-state index is 5.33. The molecule has 96 valence electrons. The number of nitrogens with one attached hydrogen (secondary N) is 1. The molecule has 1 aliphatic rings. The molecule has 0 radical (unpaired) electrons. The van der Waals surface area contributed by atoms with Gasteiger partial charge in [-0.1, -0.05) is 0 Å². The number of aromatic nitrogens is 2. The summed E-state index contributed by atoms with van der Waals surface area (Å²) in [6.45, 7) is 8.27. The highest BCUT2D eigenvalue weighted by Crippen LogP contribution is 2.18. The zero-order chi connectivity index (χ0) is 12.1. The monoisotopic (exact) mass is 238 g/mol. The van der Waals surface area contributed by atoms with Crippen LogP contribution in [0.3, 0.4) is 0 Å². The van der Waals surface area contributed by atoms with Crippen molar-refractivity contribution in [3.8, 4) is 0 Å². The first-order chi connectivity index (χ1) is 8.33. The van der Waals surface area contributed by atoms with Crippen molar-refractivity contribution in [2.75, 3.05) is 31.1 Å². The molecule has 1 aromatic heterocycles. The molecule has 0 bridgehead atoms. The summed E-state index contributed by atoms with van der Waals surface area (Å²) in [5, 5.41) is 7.42. The van der Waals surface area contributed by atoms with Crippen LogP contribution in [0.25, 0.3) is 0 Å². The van der Waals surface area contributed by atoms with Gasteiger partial charge in [0.15, 0.2) is 0 Å². The molecular formula is C12H22N4O. The van der Waals surface area contributed by atoms with Crippen molar-refractivity contribution in [3.63, 3.8) is 0 Å². The standard InChI is InChI=1S/C12H22N4O/c1-3-16(4-2)12-14-11(17-15-12)9-10-5-7-13-8-6-10/h10,13H,3-9H2,1-2H3. The fraction of sp³-hybridized carbons (Fsp3) is 0.833. The van der Waals surface area contributed by atoms with Crippen LogP contribution >= 0.6 is 0 Å². The van der Waals surface area contributed by atoms with Crippen molar-refractivity contribution in [2.24, 2.45) is 5.92 Å². The second-order valence-electron chi connectivity index (χ2n) is 4.56. The average Bonchev–Trinajstić information content (AvgIpc) is 2.81. The van der Waals surface area contributed by atoms with Gasteiger partial charge in [0.2, 0.25) is 5.89 Å². The van der Waals surface area contributed by atoms with E-state index in [1.165, 1.54) is 12.8 Å². The third-order valence-electron chi connectivity index (χ3n) is 3.43. The van der Waals surface area contributed by atoms with Crippen LogP contribution in [0.2, 0.25) is 0 Å². The molecule has 1 aliphatic heterocycles. The summed E-state index contributed by atoms with van der Waals surface area (Å²) >= 11 is 0. The lowest BCUT2D eigenvalue weighted by atomic mass is 9.95. The fourth-order valence-corrected chi connectivity index (χ4v) is 2.30. The fourth-order valence-electron chi connectivity index (χ4n) is 2.30. The van der Waals surface area contributed by atoms with Crippen molar-refractivity contribution >= 4 is 5.95 Å². The molecule has 0 unspecified atom stereocenters. The minimum absolute atomic E-state index is 0.696. The Morgan fingerprint density at radius 2 is 2.00 bits per heavy atom. The first kappa shape index (κ1) is 12.4. The molecule has 1 fully saturated rings. The quantitative estimate of drug-likeness (QED) is 0.841. The third-order valence-corrected chi connectivity index (χ3v) is 3.43. The number of piperidine rings is 1. The first-order valence-corrected chi connectivity index (χ1v) is 6.61. The van der Waals surface area contributed by atoms with Crippen LogP contribution in [0, 0.1) is 5.92 Å². The Bertz CT molecular complexity index is 329. The molecule has 0 atom stereocenters. The summed E-state index contributed by atoms with van der Waals surface area (Å²) < 4.78 is 5.33. The van der Waals surface area contributed by atoms with E-state index in [2.05, 4.69) is 34.2 Å². The number of rotatable bonds is 5. The first-order valence-electron chi connectivity index (χ1n) is 6.61. The van der Waals surface area contributed by atoms with Crippen molar-refractivity contribution in [1.82, 2.24) is 15.5 Å². The minimum Gasteiger partial charge on any atom is -0.339 e. The highest BCUT2D eigenvalue weighted by atomic mass is 16.5. The molecule has 5 nitrogen and oxygen atoms in total. The molecule has 0 amide bonds. The molecule has 0 saturated carbocycles. The second-order valence-corrected chi connectivity index (χ2v) is 4.56. The Balaban J connectivity index is 1.93. The summed E-state index contributed by atoms with van der Waals surface area (Å²) in [5.41, 5.74) is 0. The van der Waals surface area contributed by atoms with E-state index in [0.29, 0.717) is 5.92 Å². The van der Waals surface area contributed by atoms with Crippen molar-refractivity contribution in [3.05, 3.63) is 5.89 Å². The van der Waals surface area contributed by atoms with Gasteiger partial charge in [-0.2, -0.15) is 4.98 Å². The summed E-state index contributed by atoms with van der Waals surface area (Å²) in [6, 6.07) is 0. The van der Waals surface area contributed by atoms with Gasteiger partial charge in [0, 0.05) is 19.5 Å². The predicted octanol–water partition coefficient (Wildman–Crippen LogP) is 1.46. The van der Waals surface area contributed by atoms with Crippen molar-refractivity contribution in [2.45, 2.75) is 33.1 Å². The molecule has 17 heavy (non-hydrogen) atoms. The average molecular weight is 238 g/mol. The van der Waals surface area contributed by atoms with Gasteiger partial charge in [0.25, 0.3) is 5.95 Å². The Morgan fingerprint density at radius 1 is 1.29 bits per heavy atom. The molecule has 2 rings (SSSR count). The van der Waals surface area contributed by atoms with Gasteiger partial charge < -0.3 is 14.7 Å². The van der Waals surface area contributed by atoms with E-state index in [1.54, 1.807) is 0 Å². The molecule has 1 N–H and O–H groups in total. The molecule has 1 aromatic rings. The molecule has 1 saturated heterocycles. The molecular weight excluding hydrogens is 216 g/mol. The number of hydrogen-bond donors (Lipinski definition) is 1. The Kier molecular flexibility index (Phi) is 4.36. The topological polar surface area (TPSA) is 54.2 Å². The van der Waals surface area contributed by atoms with Crippen LogP contribution in [0.4, 0.5) is 5.95 Å². The van der Waals surface area contributed by atoms with Crippen LogP contribution < -0.4 is 10.2 Å². The predicted molar refractivity (Wildman–Crippen MR) is 67.2 cm³/mol. The summed E-state index contributed by atoms with van der Waals surface area (Å²) in [5.74, 6) is 2.22. The van der Waals surface area contributed by atoms with E-state index in [4.69, 9.17) is 4.52 Å². The molecule has 2 heterocycles. The van der Waals surface area contributed by atoms with Crippen LogP contribution in [0.15, 0.2) is 4.52 Å². The van der Waals surface area contributed by atoms with Crippen LogP contribution in [0.1, 0.15) is 32.6 Å². The molecule has 0 spiro atoms. The van der Waals surface area contributed by atoms with Crippen molar-refractivity contribution in [1.29, 1.82) is 0 Å². The van der Waals surface area contributed by atoms with Gasteiger partial charge in [-0.3, -0.25) is 0 Å². The Labute approximate surface area is 103 Å². The number of hydrogen-bond acceptors (Lipinski definition) is 5. The summed E-state index contributed by atoms with van der Waals surface area (Å²) in [4.78, 5) is 6.58. The zero-order valence-corrected chi connectivity index (χ0v) is 10.8. The molecule has 0 aliphatic carbocycles. The van der Waals surface area contributed by atoms with Gasteiger partial charge in [0.1, 0.15) is 0 Å². The second kappa shape index (κ2) is 6.00. The SMILES string of the molecule is CCN(CC)c1noc(CC2CCNCC2)n1. The lowest BCUT2D eigenvalue weighted by Gasteiger charge is -2.20. The van der Waals surface area contributed by atoms with Gasteiger partial charge in [-0.05, 0) is 50.9 Å². The zero-order valence-electron chi connectivity index (χ0n) is 10.8. The van der Waals surface area contributed by atoms with Crippen LogP contribution in [-0.2, 0) is 6.42 Å². The van der Waals surface area contributed by atoms with E-state index in [-0.39, 0.29) is 0 Å². The smallest absolute Gasteiger partial charge is 0.266 e. The highest BCUT2D eigenvalue weighted by Gasteiger charge is 2.18. The molecule has 0 aromatic carbocycles. The van der Waals surface area contributed by atoms with Crippen LogP contribution in [0.5, 0.6) is 0 Å². The van der Waals surface area contributed by atoms with E-state index < -0.39 is 0 Å². The largest absolute Gasteiger partial charge is 0.339 e. The normalized spacial score (nSPS) is 17.3. The van der Waals surface area contributed by atoms with Gasteiger partial charge in [-0.25, -0.2) is 0 Å². The van der Waals surface area contributed by atoms with Gasteiger partial charge >= 0.3 is 0 Å². The number of anilines is 1.